The van der Waals surface area contributed by atoms with Crippen molar-refractivity contribution in [2.45, 2.75) is 12.8 Å². The first kappa shape index (κ1) is 7.07. The maximum Gasteiger partial charge on any atom is 1.00 e. The summed E-state index contributed by atoms with van der Waals surface area (Å²) in [5, 5.41) is 2.68. The molecular weight excluding hydrogens is 85.0 g/mol. The Morgan fingerprint density at radius 3 is 2.57 bits per heavy atom. The summed E-state index contributed by atoms with van der Waals surface area (Å²) in [6.45, 7) is 0.888. The van der Waals surface area contributed by atoms with Crippen LogP contribution in [0.3, 0.4) is 0 Å². The fraction of sp³-hybridized carbons (Fsp3) is 0.750. The van der Waals surface area contributed by atoms with Crippen LogP contribution in [0.15, 0.2) is 0 Å². The van der Waals surface area contributed by atoms with Gasteiger partial charge in [0.2, 0.25) is 5.91 Å². The number of hydrogen-bond acceptors (Lipinski definition) is 1. The minimum atomic E-state index is 0. The van der Waals surface area contributed by atoms with Crippen molar-refractivity contribution >= 4 is 5.91 Å². The van der Waals surface area contributed by atoms with E-state index in [4.69, 9.17) is 0 Å². The van der Waals surface area contributed by atoms with Crippen molar-refractivity contribution < 1.29 is 25.1 Å². The largest absolute Gasteiger partial charge is 1.00 e. The fourth-order valence-corrected chi connectivity index (χ4v) is 0.565. The minimum Gasteiger partial charge on any atom is -1.00 e. The van der Waals surface area contributed by atoms with Gasteiger partial charge in [-0.05, 0) is 6.42 Å². The predicted octanol–water partition coefficient (Wildman–Crippen LogP) is -2.99. The summed E-state index contributed by atoms with van der Waals surface area (Å²) in [6, 6.07) is 0. The SMILES string of the molecule is O=C1CCCN1.[H-].[Li+]. The Morgan fingerprint density at radius 1 is 1.71 bits per heavy atom. The van der Waals surface area contributed by atoms with E-state index in [9.17, 15) is 4.79 Å². The van der Waals surface area contributed by atoms with Gasteiger partial charge in [0, 0.05) is 13.0 Å². The maximum absolute atomic E-state index is 10.1. The van der Waals surface area contributed by atoms with Crippen molar-refractivity contribution in [3.05, 3.63) is 0 Å². The smallest absolute Gasteiger partial charge is 1.00 e. The summed E-state index contributed by atoms with van der Waals surface area (Å²) in [6.07, 6.45) is 1.76. The van der Waals surface area contributed by atoms with E-state index in [-0.39, 0.29) is 26.2 Å². The second-order valence-corrected chi connectivity index (χ2v) is 1.45. The number of rotatable bonds is 0. The average Bonchev–Trinajstić information content (AvgIpc) is 1.86. The summed E-state index contributed by atoms with van der Waals surface area (Å²) in [4.78, 5) is 10.1. The molecule has 3 heteroatoms. The van der Waals surface area contributed by atoms with Gasteiger partial charge in [-0.2, -0.15) is 0 Å². The van der Waals surface area contributed by atoms with Crippen molar-refractivity contribution in [1.29, 1.82) is 0 Å². The molecule has 0 aromatic heterocycles. The summed E-state index contributed by atoms with van der Waals surface area (Å²) in [7, 11) is 0. The molecule has 0 atom stereocenters. The molecule has 0 saturated carbocycles. The van der Waals surface area contributed by atoms with Crippen LogP contribution >= 0.6 is 0 Å². The Bertz CT molecular complexity index is 70.4. The standard InChI is InChI=1S/C4H7NO.Li.H/c6-4-2-1-3-5-4;;/h1-3H2,(H,5,6);;/q;+1;-1. The maximum atomic E-state index is 10.1. The average molecular weight is 93.1 g/mol. The number of carbonyl (C=O) groups excluding carboxylic acids is 1. The minimum absolute atomic E-state index is 0. The first-order chi connectivity index (χ1) is 2.89. The van der Waals surface area contributed by atoms with Gasteiger partial charge in [0.1, 0.15) is 0 Å². The second-order valence-electron chi connectivity index (χ2n) is 1.45. The molecule has 0 aromatic carbocycles. The van der Waals surface area contributed by atoms with E-state index in [1.165, 1.54) is 0 Å². The first-order valence-electron chi connectivity index (χ1n) is 2.16. The van der Waals surface area contributed by atoms with E-state index in [2.05, 4.69) is 5.32 Å². The van der Waals surface area contributed by atoms with E-state index in [0.717, 1.165) is 19.4 Å². The Labute approximate surface area is 56.3 Å². The van der Waals surface area contributed by atoms with Gasteiger partial charge in [-0.1, -0.05) is 0 Å². The monoisotopic (exact) mass is 93.1 g/mol. The van der Waals surface area contributed by atoms with Gasteiger partial charge in [-0.3, -0.25) is 4.79 Å². The molecule has 0 aliphatic carbocycles. The Hall–Kier alpha value is 0.0674. The van der Waals surface area contributed by atoms with Gasteiger partial charge in [0.05, 0.1) is 0 Å². The zero-order valence-corrected chi connectivity index (χ0v) is 4.53. The van der Waals surface area contributed by atoms with Crippen LogP contribution in [0.1, 0.15) is 14.3 Å². The molecule has 7 heavy (non-hydrogen) atoms. The van der Waals surface area contributed by atoms with E-state index >= 15 is 0 Å². The third-order valence-corrected chi connectivity index (χ3v) is 0.903. The van der Waals surface area contributed by atoms with Gasteiger partial charge in [-0.15, -0.1) is 0 Å². The van der Waals surface area contributed by atoms with Crippen molar-refractivity contribution in [3.8, 4) is 0 Å². The molecule has 1 fully saturated rings. The van der Waals surface area contributed by atoms with Crippen LogP contribution in [-0.4, -0.2) is 12.5 Å². The molecule has 0 radical (unpaired) electrons. The van der Waals surface area contributed by atoms with Crippen LogP contribution in [0.2, 0.25) is 0 Å². The molecule has 0 unspecified atom stereocenters. The normalized spacial score (nSPS) is 18.0. The van der Waals surface area contributed by atoms with Gasteiger partial charge in [0.25, 0.3) is 0 Å². The molecule has 1 amide bonds. The Kier molecular flexibility index (Phi) is 3.15. The molecule has 1 heterocycles. The molecule has 1 rings (SSSR count). The Balaban J connectivity index is 0. The van der Waals surface area contributed by atoms with E-state index in [1.54, 1.807) is 0 Å². The number of carbonyl (C=O) groups is 1. The van der Waals surface area contributed by atoms with Crippen molar-refractivity contribution in [1.82, 2.24) is 5.32 Å². The van der Waals surface area contributed by atoms with Gasteiger partial charge >= 0.3 is 18.9 Å². The quantitative estimate of drug-likeness (QED) is 0.318. The van der Waals surface area contributed by atoms with Crippen LogP contribution in [0.4, 0.5) is 0 Å². The summed E-state index contributed by atoms with van der Waals surface area (Å²) >= 11 is 0. The van der Waals surface area contributed by atoms with Crippen LogP contribution < -0.4 is 24.2 Å². The van der Waals surface area contributed by atoms with Crippen LogP contribution in [-0.2, 0) is 4.79 Å². The molecule has 1 N–H and O–H groups in total. The van der Waals surface area contributed by atoms with Crippen LogP contribution in [0.25, 0.3) is 0 Å². The molecule has 1 aliphatic heterocycles. The number of amides is 1. The van der Waals surface area contributed by atoms with Crippen LogP contribution in [0.5, 0.6) is 0 Å². The topological polar surface area (TPSA) is 29.1 Å². The van der Waals surface area contributed by atoms with Crippen molar-refractivity contribution in [2.24, 2.45) is 0 Å². The third kappa shape index (κ3) is 2.01. The molecular formula is C4H8LiNO. The molecule has 0 spiro atoms. The fourth-order valence-electron chi connectivity index (χ4n) is 0.565. The predicted molar refractivity (Wildman–Crippen MR) is 23.4 cm³/mol. The number of hydrogen-bond donors (Lipinski definition) is 1. The zero-order valence-electron chi connectivity index (χ0n) is 5.53. The molecule has 0 aromatic rings. The summed E-state index contributed by atoms with van der Waals surface area (Å²) < 4.78 is 0. The molecule has 1 saturated heterocycles. The van der Waals surface area contributed by atoms with Gasteiger partial charge < -0.3 is 6.74 Å². The first-order valence-corrected chi connectivity index (χ1v) is 2.16. The zero-order chi connectivity index (χ0) is 4.41. The molecule has 2 nitrogen and oxygen atoms in total. The second kappa shape index (κ2) is 3.12. The molecule has 0 bridgehead atoms. The molecule has 36 valence electrons. The van der Waals surface area contributed by atoms with E-state index in [0.29, 0.717) is 0 Å². The van der Waals surface area contributed by atoms with E-state index < -0.39 is 0 Å². The summed E-state index contributed by atoms with van der Waals surface area (Å²) in [5.74, 6) is 0.204. The third-order valence-electron chi connectivity index (χ3n) is 0.903. The van der Waals surface area contributed by atoms with Crippen LogP contribution in [0, 0.1) is 0 Å². The Morgan fingerprint density at radius 2 is 2.43 bits per heavy atom. The summed E-state index contributed by atoms with van der Waals surface area (Å²) in [5.41, 5.74) is 0. The molecule has 1 aliphatic rings. The van der Waals surface area contributed by atoms with Gasteiger partial charge in [-0.25, -0.2) is 0 Å². The van der Waals surface area contributed by atoms with Crippen molar-refractivity contribution in [2.75, 3.05) is 6.54 Å². The number of nitrogens with one attached hydrogen (secondary N) is 1. The van der Waals surface area contributed by atoms with E-state index in [1.807, 2.05) is 0 Å². The van der Waals surface area contributed by atoms with Gasteiger partial charge in [0.15, 0.2) is 0 Å². The van der Waals surface area contributed by atoms with Crippen molar-refractivity contribution in [3.63, 3.8) is 0 Å².